The average Bonchev–Trinajstić information content (AvgIpc) is 3.32. The Hall–Kier alpha value is -8.15. The number of rotatable bonds is 5. The second-order valence-electron chi connectivity index (χ2n) is 15.3. The van der Waals surface area contributed by atoms with Gasteiger partial charge in [-0.3, -0.25) is 0 Å². The van der Waals surface area contributed by atoms with Gasteiger partial charge in [0.1, 0.15) is 0 Å². The lowest BCUT2D eigenvalue weighted by Gasteiger charge is -2.14. The normalized spacial score (nSPS) is 11.7. The molecule has 12 rings (SSSR count). The lowest BCUT2D eigenvalue weighted by Crippen LogP contribution is -2.00. The zero-order valence-corrected chi connectivity index (χ0v) is 32.3. The fourth-order valence-corrected chi connectivity index (χ4v) is 8.58. The maximum absolute atomic E-state index is 5.38. The molecule has 3 aromatic heterocycles. The molecule has 5 heteroatoms. The van der Waals surface area contributed by atoms with Crippen molar-refractivity contribution in [1.29, 1.82) is 0 Å². The van der Waals surface area contributed by atoms with E-state index in [-0.39, 0.29) is 0 Å². The smallest absolute Gasteiger partial charge is 0.164 e. The monoisotopic (exact) mass is 763 g/mol. The number of benzene rings is 9. The van der Waals surface area contributed by atoms with E-state index in [0.29, 0.717) is 17.5 Å². The molecule has 0 aliphatic heterocycles. The maximum Gasteiger partial charge on any atom is 0.164 e. The highest BCUT2D eigenvalue weighted by atomic mass is 15.0. The second-order valence-corrected chi connectivity index (χ2v) is 15.3. The first-order chi connectivity index (χ1) is 29.7. The number of hydrogen-bond donors (Lipinski definition) is 0. The van der Waals surface area contributed by atoms with Crippen molar-refractivity contribution in [2.75, 3.05) is 0 Å². The molecule has 0 unspecified atom stereocenters. The molecule has 0 spiro atoms. The Morgan fingerprint density at radius 1 is 0.250 bits per heavy atom. The van der Waals surface area contributed by atoms with Crippen LogP contribution in [-0.4, -0.2) is 24.9 Å². The molecule has 0 N–H and O–H groups in total. The van der Waals surface area contributed by atoms with Crippen LogP contribution in [0.3, 0.4) is 0 Å². The third-order valence-electron chi connectivity index (χ3n) is 11.6. The fourth-order valence-electron chi connectivity index (χ4n) is 8.58. The number of hydrogen-bond acceptors (Lipinski definition) is 5. The first kappa shape index (κ1) is 33.9. The van der Waals surface area contributed by atoms with Crippen molar-refractivity contribution in [2.24, 2.45) is 0 Å². The molecular weight excluding hydrogens is 731 g/mol. The summed E-state index contributed by atoms with van der Waals surface area (Å²) >= 11 is 0. The predicted octanol–water partition coefficient (Wildman–Crippen LogP) is 13.9. The van der Waals surface area contributed by atoms with Gasteiger partial charge >= 0.3 is 0 Å². The van der Waals surface area contributed by atoms with Crippen molar-refractivity contribution in [3.63, 3.8) is 0 Å². The summed E-state index contributed by atoms with van der Waals surface area (Å²) < 4.78 is 0. The number of pyridine rings is 2. The Morgan fingerprint density at radius 2 is 0.700 bits per heavy atom. The minimum Gasteiger partial charge on any atom is -0.248 e. The fraction of sp³-hybridized carbons (Fsp3) is 0. The van der Waals surface area contributed by atoms with E-state index in [4.69, 9.17) is 24.9 Å². The van der Waals surface area contributed by atoms with Crippen molar-refractivity contribution >= 4 is 64.9 Å². The molecule has 0 aliphatic rings. The van der Waals surface area contributed by atoms with Crippen LogP contribution in [0.25, 0.3) is 122 Å². The van der Waals surface area contributed by atoms with E-state index in [0.717, 1.165) is 82.6 Å². The van der Waals surface area contributed by atoms with Gasteiger partial charge in [0.25, 0.3) is 0 Å². The Balaban J connectivity index is 1.06. The van der Waals surface area contributed by atoms with Gasteiger partial charge < -0.3 is 0 Å². The number of aromatic nitrogens is 5. The van der Waals surface area contributed by atoms with Crippen LogP contribution in [0.15, 0.2) is 200 Å². The molecule has 0 saturated carbocycles. The average molecular weight is 764 g/mol. The first-order valence-electron chi connectivity index (χ1n) is 20.2. The summed E-state index contributed by atoms with van der Waals surface area (Å²) in [7, 11) is 0. The van der Waals surface area contributed by atoms with Gasteiger partial charge in [-0.2, -0.15) is 0 Å². The molecule has 60 heavy (non-hydrogen) atoms. The van der Waals surface area contributed by atoms with Crippen LogP contribution in [0, 0.1) is 0 Å². The van der Waals surface area contributed by atoms with Gasteiger partial charge in [0.15, 0.2) is 17.5 Å². The predicted molar refractivity (Wildman–Crippen MR) is 248 cm³/mol. The van der Waals surface area contributed by atoms with Crippen LogP contribution in [0.2, 0.25) is 0 Å². The Bertz CT molecular complexity index is 3570. The van der Waals surface area contributed by atoms with Crippen LogP contribution < -0.4 is 0 Å². The lowest BCUT2D eigenvalue weighted by molar-refractivity contribution is 1.08. The molecule has 278 valence electrons. The van der Waals surface area contributed by atoms with E-state index >= 15 is 0 Å². The summed E-state index contributed by atoms with van der Waals surface area (Å²) in [6, 6.07) is 70.0. The van der Waals surface area contributed by atoms with Crippen molar-refractivity contribution in [3.8, 4) is 56.7 Å². The SMILES string of the molecule is c1ccc(-c2nc3ccc(-c4nc(-c5ccc6ccccc6c5)nc(-c5ccc6ccccc6c5)n4)cc3c3ccc4nc(-c5ccc6ccccc6c5)ccc4c23)cc1. The molecule has 0 atom stereocenters. The van der Waals surface area contributed by atoms with Gasteiger partial charge in [0, 0.05) is 44.0 Å². The van der Waals surface area contributed by atoms with Crippen molar-refractivity contribution in [2.45, 2.75) is 0 Å². The van der Waals surface area contributed by atoms with Gasteiger partial charge in [-0.05, 0) is 92.3 Å². The molecule has 12 aromatic rings. The Labute approximate surface area is 345 Å². The van der Waals surface area contributed by atoms with Gasteiger partial charge in [0.2, 0.25) is 0 Å². The van der Waals surface area contributed by atoms with Crippen molar-refractivity contribution in [1.82, 2.24) is 24.9 Å². The van der Waals surface area contributed by atoms with Crippen LogP contribution in [-0.2, 0) is 0 Å². The van der Waals surface area contributed by atoms with Crippen LogP contribution >= 0.6 is 0 Å². The molecule has 0 amide bonds. The van der Waals surface area contributed by atoms with Crippen LogP contribution in [0.1, 0.15) is 0 Å². The second kappa shape index (κ2) is 13.8. The van der Waals surface area contributed by atoms with E-state index in [1.54, 1.807) is 0 Å². The molecule has 9 aromatic carbocycles. The summed E-state index contributed by atoms with van der Waals surface area (Å²) in [6.45, 7) is 0. The van der Waals surface area contributed by atoms with E-state index in [9.17, 15) is 0 Å². The minimum absolute atomic E-state index is 0.598. The molecule has 0 radical (unpaired) electrons. The number of fused-ring (bicyclic) bond motifs is 8. The van der Waals surface area contributed by atoms with Crippen molar-refractivity contribution in [3.05, 3.63) is 200 Å². The van der Waals surface area contributed by atoms with E-state index in [1.807, 2.05) is 6.07 Å². The van der Waals surface area contributed by atoms with Gasteiger partial charge in [-0.1, -0.05) is 146 Å². The zero-order chi connectivity index (χ0) is 39.6. The largest absolute Gasteiger partial charge is 0.248 e. The van der Waals surface area contributed by atoms with E-state index in [1.165, 1.54) is 21.5 Å². The van der Waals surface area contributed by atoms with Gasteiger partial charge in [0.05, 0.1) is 22.4 Å². The lowest BCUT2D eigenvalue weighted by atomic mass is 9.95. The Morgan fingerprint density at radius 3 is 1.30 bits per heavy atom. The molecule has 5 nitrogen and oxygen atoms in total. The van der Waals surface area contributed by atoms with Gasteiger partial charge in [-0.25, -0.2) is 24.9 Å². The standard InChI is InChI=1S/C55H33N5/c1-2-13-37(14-3-1)52-51-45(25-29-49-46(51)26-28-48(56-49)41-21-18-34-10-4-7-15-38(34)30-41)47-33-44(24-27-50(47)57-52)55-59-53(42-22-19-35-11-5-8-16-39(35)31-42)58-54(60-55)43-23-20-36-12-6-9-17-40(36)32-43/h1-33H. The minimum atomic E-state index is 0.598. The Kier molecular flexibility index (Phi) is 7.78. The topological polar surface area (TPSA) is 64.5 Å². The van der Waals surface area contributed by atoms with E-state index < -0.39 is 0 Å². The summed E-state index contributed by atoms with van der Waals surface area (Å²) in [6.07, 6.45) is 0. The quantitative estimate of drug-likeness (QED) is 0.163. The molecule has 0 aliphatic carbocycles. The van der Waals surface area contributed by atoms with Crippen molar-refractivity contribution < 1.29 is 0 Å². The van der Waals surface area contributed by atoms with Crippen LogP contribution in [0.4, 0.5) is 0 Å². The third-order valence-corrected chi connectivity index (χ3v) is 11.6. The highest BCUT2D eigenvalue weighted by Gasteiger charge is 2.18. The maximum atomic E-state index is 5.38. The highest BCUT2D eigenvalue weighted by molar-refractivity contribution is 6.21. The zero-order valence-electron chi connectivity index (χ0n) is 32.3. The number of nitrogens with zero attached hydrogens (tertiary/aromatic N) is 5. The van der Waals surface area contributed by atoms with Gasteiger partial charge in [-0.15, -0.1) is 0 Å². The summed E-state index contributed by atoms with van der Waals surface area (Å²) in [4.78, 5) is 26.1. The molecular formula is C55H33N5. The highest BCUT2D eigenvalue weighted by Crippen LogP contribution is 2.39. The van der Waals surface area contributed by atoms with Crippen LogP contribution in [0.5, 0.6) is 0 Å². The molecule has 0 bridgehead atoms. The molecule has 0 fully saturated rings. The third kappa shape index (κ3) is 5.83. The summed E-state index contributed by atoms with van der Waals surface area (Å²) in [5.74, 6) is 1.84. The molecule has 0 saturated heterocycles. The first-order valence-corrected chi connectivity index (χ1v) is 20.2. The summed E-state index contributed by atoms with van der Waals surface area (Å²) in [5.41, 5.74) is 8.56. The van der Waals surface area contributed by atoms with E-state index in [2.05, 4.69) is 194 Å². The molecule has 3 heterocycles. The summed E-state index contributed by atoms with van der Waals surface area (Å²) in [5, 5.41) is 11.2.